The fourth-order valence-corrected chi connectivity index (χ4v) is 1.72. The fourth-order valence-electron chi connectivity index (χ4n) is 1.38. The molecular formula is C11H10Cl2N4O. The predicted octanol–water partition coefficient (Wildman–Crippen LogP) is 2.93. The third kappa shape index (κ3) is 2.80. The van der Waals surface area contributed by atoms with Crippen molar-refractivity contribution in [1.82, 2.24) is 15.2 Å². The van der Waals surface area contributed by atoms with Gasteiger partial charge in [-0.25, -0.2) is 4.98 Å². The zero-order valence-electron chi connectivity index (χ0n) is 9.50. The molecule has 0 spiro atoms. The number of aromatic nitrogens is 3. The second kappa shape index (κ2) is 5.37. The molecule has 2 N–H and O–H groups in total. The molecule has 2 rings (SSSR count). The van der Waals surface area contributed by atoms with Gasteiger partial charge in [0.2, 0.25) is 0 Å². The van der Waals surface area contributed by atoms with Gasteiger partial charge in [-0.2, -0.15) is 5.10 Å². The van der Waals surface area contributed by atoms with E-state index in [-0.39, 0.29) is 21.6 Å². The Labute approximate surface area is 114 Å². The molecule has 0 saturated carbocycles. The number of hydrogen-bond acceptors (Lipinski definition) is 3. The van der Waals surface area contributed by atoms with Gasteiger partial charge in [0.05, 0.1) is 10.6 Å². The highest BCUT2D eigenvalue weighted by molar-refractivity contribution is 6.35. The summed E-state index contributed by atoms with van der Waals surface area (Å²) >= 11 is 11.6. The van der Waals surface area contributed by atoms with E-state index in [0.29, 0.717) is 5.82 Å². The van der Waals surface area contributed by atoms with Crippen LogP contribution >= 0.6 is 23.2 Å². The first kappa shape index (κ1) is 12.9. The highest BCUT2D eigenvalue weighted by Crippen LogP contribution is 2.19. The van der Waals surface area contributed by atoms with Crippen molar-refractivity contribution in [3.8, 4) is 0 Å². The first-order chi connectivity index (χ1) is 8.60. The van der Waals surface area contributed by atoms with Gasteiger partial charge < -0.3 is 5.32 Å². The second-order valence-corrected chi connectivity index (χ2v) is 4.37. The number of halogens is 2. The number of hydrogen-bond donors (Lipinski definition) is 2. The molecule has 7 heteroatoms. The van der Waals surface area contributed by atoms with Gasteiger partial charge in [-0.3, -0.25) is 9.89 Å². The molecule has 2 aromatic heterocycles. The van der Waals surface area contributed by atoms with Gasteiger partial charge in [-0.15, -0.1) is 0 Å². The molecule has 2 aromatic rings. The highest BCUT2D eigenvalue weighted by atomic mass is 35.5. The lowest BCUT2D eigenvalue weighted by atomic mass is 10.2. The van der Waals surface area contributed by atoms with Crippen molar-refractivity contribution in [2.75, 3.05) is 5.32 Å². The molecule has 0 aromatic carbocycles. The van der Waals surface area contributed by atoms with Gasteiger partial charge >= 0.3 is 0 Å². The average Bonchev–Trinajstić information content (AvgIpc) is 2.80. The molecule has 0 aliphatic rings. The monoisotopic (exact) mass is 284 g/mol. The number of aryl methyl sites for hydroxylation is 1. The summed E-state index contributed by atoms with van der Waals surface area (Å²) in [4.78, 5) is 15.7. The lowest BCUT2D eigenvalue weighted by Crippen LogP contribution is -2.13. The minimum atomic E-state index is -0.376. The molecule has 18 heavy (non-hydrogen) atoms. The molecule has 0 bridgehead atoms. The summed E-state index contributed by atoms with van der Waals surface area (Å²) in [6.07, 6.45) is 2.14. The predicted molar refractivity (Wildman–Crippen MR) is 70.2 cm³/mol. The summed E-state index contributed by atoms with van der Waals surface area (Å²) in [6, 6.07) is 3.17. The molecule has 1 amide bonds. The first-order valence-corrected chi connectivity index (χ1v) is 6.02. The van der Waals surface area contributed by atoms with E-state index in [1.165, 1.54) is 12.3 Å². The zero-order chi connectivity index (χ0) is 13.1. The van der Waals surface area contributed by atoms with Crippen molar-refractivity contribution in [2.45, 2.75) is 13.3 Å². The van der Waals surface area contributed by atoms with Gasteiger partial charge in [0.15, 0.2) is 5.82 Å². The number of pyridine rings is 1. The van der Waals surface area contributed by atoms with E-state index in [4.69, 9.17) is 23.2 Å². The summed E-state index contributed by atoms with van der Waals surface area (Å²) in [6.45, 7) is 1.98. The third-order valence-electron chi connectivity index (χ3n) is 2.32. The minimum absolute atomic E-state index is 0.209. The summed E-state index contributed by atoms with van der Waals surface area (Å²) in [5.74, 6) is 0.0688. The Bertz CT molecular complexity index is 582. The Morgan fingerprint density at radius 1 is 1.44 bits per heavy atom. The maximum absolute atomic E-state index is 11.9. The van der Waals surface area contributed by atoms with E-state index in [1.807, 2.05) is 6.92 Å². The van der Waals surface area contributed by atoms with Gasteiger partial charge in [0.25, 0.3) is 5.91 Å². The van der Waals surface area contributed by atoms with Crippen molar-refractivity contribution >= 4 is 34.9 Å². The van der Waals surface area contributed by atoms with Crippen LogP contribution < -0.4 is 5.32 Å². The summed E-state index contributed by atoms with van der Waals surface area (Å²) in [5, 5.41) is 9.84. The molecule has 0 radical (unpaired) electrons. The van der Waals surface area contributed by atoms with E-state index in [0.717, 1.165) is 12.1 Å². The van der Waals surface area contributed by atoms with Crippen molar-refractivity contribution in [1.29, 1.82) is 0 Å². The number of H-pyrrole nitrogens is 1. The number of carbonyl (C=O) groups excluding carboxylic acids is 1. The Kier molecular flexibility index (Phi) is 3.84. The van der Waals surface area contributed by atoms with Crippen molar-refractivity contribution in [2.24, 2.45) is 0 Å². The fraction of sp³-hybridized carbons (Fsp3) is 0.182. The van der Waals surface area contributed by atoms with Gasteiger partial charge in [0, 0.05) is 18.0 Å². The Morgan fingerprint density at radius 3 is 2.89 bits per heavy atom. The van der Waals surface area contributed by atoms with E-state index in [1.54, 1.807) is 6.07 Å². The van der Waals surface area contributed by atoms with Crippen molar-refractivity contribution in [3.05, 3.63) is 39.8 Å². The number of nitrogens with zero attached hydrogens (tertiary/aromatic N) is 2. The largest absolute Gasteiger partial charge is 0.305 e. The second-order valence-electron chi connectivity index (χ2n) is 3.57. The lowest BCUT2D eigenvalue weighted by Gasteiger charge is -2.03. The molecule has 0 unspecified atom stereocenters. The number of carbonyl (C=O) groups is 1. The van der Waals surface area contributed by atoms with Gasteiger partial charge in [0.1, 0.15) is 5.15 Å². The standard InChI is InChI=1S/C11H10Cl2N4O/c1-2-6-3-10(17-16-6)15-11(18)7-4-9(13)14-5-8(7)12/h3-5H,2H2,1H3,(H2,15,16,17,18). The van der Waals surface area contributed by atoms with Crippen LogP contribution in [-0.4, -0.2) is 21.1 Å². The van der Waals surface area contributed by atoms with Crippen LogP contribution in [-0.2, 0) is 6.42 Å². The molecule has 0 aliphatic heterocycles. The molecule has 2 heterocycles. The van der Waals surface area contributed by atoms with E-state index < -0.39 is 0 Å². The topological polar surface area (TPSA) is 70.7 Å². The molecule has 0 fully saturated rings. The van der Waals surface area contributed by atoms with E-state index in [2.05, 4.69) is 20.5 Å². The number of nitrogens with one attached hydrogen (secondary N) is 2. The smallest absolute Gasteiger partial charge is 0.258 e. The normalized spacial score (nSPS) is 10.4. The maximum Gasteiger partial charge on any atom is 0.258 e. The Morgan fingerprint density at radius 2 is 2.22 bits per heavy atom. The Balaban J connectivity index is 2.19. The van der Waals surface area contributed by atoms with Crippen LogP contribution in [0.5, 0.6) is 0 Å². The summed E-state index contributed by atoms with van der Waals surface area (Å²) < 4.78 is 0. The van der Waals surface area contributed by atoms with Crippen LogP contribution in [0.3, 0.4) is 0 Å². The maximum atomic E-state index is 11.9. The Hall–Kier alpha value is -1.59. The molecule has 0 atom stereocenters. The number of amides is 1. The molecule has 0 saturated heterocycles. The van der Waals surface area contributed by atoms with Crippen LogP contribution in [0.25, 0.3) is 0 Å². The van der Waals surface area contributed by atoms with Gasteiger partial charge in [-0.05, 0) is 12.5 Å². The lowest BCUT2D eigenvalue weighted by molar-refractivity contribution is 0.102. The van der Waals surface area contributed by atoms with Crippen LogP contribution in [0.4, 0.5) is 5.82 Å². The van der Waals surface area contributed by atoms with E-state index >= 15 is 0 Å². The minimum Gasteiger partial charge on any atom is -0.305 e. The van der Waals surface area contributed by atoms with Crippen LogP contribution in [0.2, 0.25) is 10.2 Å². The van der Waals surface area contributed by atoms with E-state index in [9.17, 15) is 4.79 Å². The van der Waals surface area contributed by atoms with Crippen molar-refractivity contribution < 1.29 is 4.79 Å². The van der Waals surface area contributed by atoms with Gasteiger partial charge in [-0.1, -0.05) is 30.1 Å². The summed E-state index contributed by atoms with van der Waals surface area (Å²) in [7, 11) is 0. The molecular weight excluding hydrogens is 275 g/mol. The summed E-state index contributed by atoms with van der Waals surface area (Å²) in [5.41, 5.74) is 1.20. The molecule has 5 nitrogen and oxygen atoms in total. The zero-order valence-corrected chi connectivity index (χ0v) is 11.0. The van der Waals surface area contributed by atoms with Crippen LogP contribution in [0.15, 0.2) is 18.3 Å². The molecule has 94 valence electrons. The third-order valence-corrected chi connectivity index (χ3v) is 2.83. The SMILES string of the molecule is CCc1cc(NC(=O)c2cc(Cl)ncc2Cl)n[nH]1. The van der Waals surface area contributed by atoms with Crippen LogP contribution in [0.1, 0.15) is 23.0 Å². The average molecular weight is 285 g/mol. The first-order valence-electron chi connectivity index (χ1n) is 5.27. The number of aromatic amines is 1. The van der Waals surface area contributed by atoms with Crippen molar-refractivity contribution in [3.63, 3.8) is 0 Å². The highest BCUT2D eigenvalue weighted by Gasteiger charge is 2.13. The quantitative estimate of drug-likeness (QED) is 0.852. The number of anilines is 1. The molecule has 0 aliphatic carbocycles. The van der Waals surface area contributed by atoms with Crippen LogP contribution in [0, 0.1) is 0 Å². The number of rotatable bonds is 3.